The number of hydrogen-bond acceptors (Lipinski definition) is 3. The molecule has 1 aromatic heterocycles. The molecule has 4 nitrogen and oxygen atoms in total. The number of halogens is 2. The number of nitrogens with one attached hydrogen (secondary N) is 1. The SMILES string of the molecule is Cc1cncc(NC(=O)c2cc(F)c(F)cc2N)c1. The minimum absolute atomic E-state index is 0.125. The smallest absolute Gasteiger partial charge is 0.257 e. The standard InChI is InChI=1S/C13H11F2N3O/c1-7-2-8(6-17-5-7)18-13(19)9-3-10(14)11(15)4-12(9)16/h2-6H,16H2,1H3,(H,18,19). The molecular weight excluding hydrogens is 252 g/mol. The minimum Gasteiger partial charge on any atom is -0.398 e. The highest BCUT2D eigenvalue weighted by Gasteiger charge is 2.14. The number of nitrogens with zero attached hydrogens (tertiary/aromatic N) is 1. The summed E-state index contributed by atoms with van der Waals surface area (Å²) >= 11 is 0. The van der Waals surface area contributed by atoms with Crippen LogP contribution in [-0.4, -0.2) is 10.9 Å². The number of hydrogen-bond donors (Lipinski definition) is 2. The molecule has 0 bridgehead atoms. The van der Waals surface area contributed by atoms with Crippen molar-refractivity contribution in [2.45, 2.75) is 6.92 Å². The molecule has 3 N–H and O–H groups in total. The van der Waals surface area contributed by atoms with Gasteiger partial charge < -0.3 is 11.1 Å². The minimum atomic E-state index is -1.12. The number of nitrogen functional groups attached to an aromatic ring is 1. The number of carbonyl (C=O) groups excluding carboxylic acids is 1. The number of aromatic nitrogens is 1. The van der Waals surface area contributed by atoms with Gasteiger partial charge in [0, 0.05) is 18.0 Å². The fourth-order valence-electron chi connectivity index (χ4n) is 1.58. The highest BCUT2D eigenvalue weighted by atomic mass is 19.2. The van der Waals surface area contributed by atoms with E-state index in [9.17, 15) is 13.6 Å². The number of carbonyl (C=O) groups is 1. The maximum Gasteiger partial charge on any atom is 0.257 e. The van der Waals surface area contributed by atoms with E-state index in [-0.39, 0.29) is 11.3 Å². The zero-order chi connectivity index (χ0) is 14.0. The van der Waals surface area contributed by atoms with Crippen LogP contribution >= 0.6 is 0 Å². The molecule has 1 aromatic carbocycles. The molecule has 0 spiro atoms. The number of rotatable bonds is 2. The van der Waals surface area contributed by atoms with Crippen LogP contribution in [0.1, 0.15) is 15.9 Å². The number of pyridine rings is 1. The topological polar surface area (TPSA) is 68.0 Å². The van der Waals surface area contributed by atoms with Gasteiger partial charge >= 0.3 is 0 Å². The quantitative estimate of drug-likeness (QED) is 0.818. The van der Waals surface area contributed by atoms with Gasteiger partial charge in [0.1, 0.15) is 0 Å². The molecular formula is C13H11F2N3O. The Morgan fingerprint density at radius 2 is 1.89 bits per heavy atom. The third-order valence-electron chi connectivity index (χ3n) is 2.47. The molecule has 0 aliphatic rings. The van der Waals surface area contributed by atoms with Gasteiger partial charge in [-0.1, -0.05) is 0 Å². The molecule has 0 saturated carbocycles. The summed E-state index contributed by atoms with van der Waals surface area (Å²) < 4.78 is 26.0. The average molecular weight is 263 g/mol. The monoisotopic (exact) mass is 263 g/mol. The molecule has 0 aliphatic heterocycles. The van der Waals surface area contributed by atoms with E-state index in [0.717, 1.165) is 17.7 Å². The van der Waals surface area contributed by atoms with E-state index < -0.39 is 17.5 Å². The van der Waals surface area contributed by atoms with Crippen LogP contribution in [0.2, 0.25) is 0 Å². The van der Waals surface area contributed by atoms with Gasteiger partial charge in [0.15, 0.2) is 11.6 Å². The molecule has 0 atom stereocenters. The van der Waals surface area contributed by atoms with E-state index in [4.69, 9.17) is 5.73 Å². The normalized spacial score (nSPS) is 10.3. The molecule has 0 aliphatic carbocycles. The highest BCUT2D eigenvalue weighted by molar-refractivity contribution is 6.07. The second-order valence-electron chi connectivity index (χ2n) is 4.06. The van der Waals surface area contributed by atoms with E-state index in [0.29, 0.717) is 5.69 Å². The van der Waals surface area contributed by atoms with Crippen molar-refractivity contribution in [2.75, 3.05) is 11.1 Å². The molecule has 0 saturated heterocycles. The van der Waals surface area contributed by atoms with Crippen molar-refractivity contribution in [2.24, 2.45) is 0 Å². The van der Waals surface area contributed by atoms with Gasteiger partial charge in [0.05, 0.1) is 17.4 Å². The number of aryl methyl sites for hydroxylation is 1. The van der Waals surface area contributed by atoms with Crippen molar-refractivity contribution in [3.63, 3.8) is 0 Å². The fourth-order valence-corrected chi connectivity index (χ4v) is 1.58. The van der Waals surface area contributed by atoms with Crippen LogP contribution in [0, 0.1) is 18.6 Å². The summed E-state index contributed by atoms with van der Waals surface area (Å²) in [7, 11) is 0. The maximum absolute atomic E-state index is 13.1. The predicted molar refractivity (Wildman–Crippen MR) is 67.7 cm³/mol. The van der Waals surface area contributed by atoms with E-state index in [1.54, 1.807) is 12.3 Å². The van der Waals surface area contributed by atoms with Crippen LogP contribution in [0.15, 0.2) is 30.6 Å². The Bertz CT molecular complexity index is 644. The molecule has 0 radical (unpaired) electrons. The number of benzene rings is 1. The molecule has 98 valence electrons. The summed E-state index contributed by atoms with van der Waals surface area (Å²) in [6.07, 6.45) is 3.07. The van der Waals surface area contributed by atoms with Gasteiger partial charge in [-0.25, -0.2) is 8.78 Å². The third kappa shape index (κ3) is 2.85. The first-order chi connectivity index (χ1) is 8.97. The van der Waals surface area contributed by atoms with E-state index in [1.807, 2.05) is 6.92 Å². The van der Waals surface area contributed by atoms with Crippen molar-refractivity contribution in [3.8, 4) is 0 Å². The van der Waals surface area contributed by atoms with Gasteiger partial charge in [0.2, 0.25) is 0 Å². The Kier molecular flexibility index (Phi) is 3.41. The van der Waals surface area contributed by atoms with Crippen LogP contribution in [0.5, 0.6) is 0 Å². The summed E-state index contributed by atoms with van der Waals surface area (Å²) in [6, 6.07) is 3.24. The van der Waals surface area contributed by atoms with Crippen LogP contribution in [0.25, 0.3) is 0 Å². The number of amides is 1. The highest BCUT2D eigenvalue weighted by Crippen LogP contribution is 2.18. The lowest BCUT2D eigenvalue weighted by atomic mass is 10.1. The van der Waals surface area contributed by atoms with Crippen molar-refractivity contribution in [1.82, 2.24) is 4.98 Å². The van der Waals surface area contributed by atoms with Crippen LogP contribution in [0.3, 0.4) is 0 Å². The molecule has 1 amide bonds. The summed E-state index contributed by atoms with van der Waals surface area (Å²) in [5.74, 6) is -2.84. The molecule has 2 aromatic rings. The molecule has 0 fully saturated rings. The third-order valence-corrected chi connectivity index (χ3v) is 2.47. The lowest BCUT2D eigenvalue weighted by molar-refractivity contribution is 0.102. The maximum atomic E-state index is 13.1. The lowest BCUT2D eigenvalue weighted by Crippen LogP contribution is -2.15. The average Bonchev–Trinajstić information content (AvgIpc) is 2.33. The lowest BCUT2D eigenvalue weighted by Gasteiger charge is -2.08. The van der Waals surface area contributed by atoms with Crippen molar-refractivity contribution in [1.29, 1.82) is 0 Å². The zero-order valence-corrected chi connectivity index (χ0v) is 10.1. The molecule has 2 rings (SSSR count). The van der Waals surface area contributed by atoms with Gasteiger partial charge in [0.25, 0.3) is 5.91 Å². The van der Waals surface area contributed by atoms with E-state index >= 15 is 0 Å². The largest absolute Gasteiger partial charge is 0.398 e. The predicted octanol–water partition coefficient (Wildman–Crippen LogP) is 2.50. The van der Waals surface area contributed by atoms with Crippen molar-refractivity contribution < 1.29 is 13.6 Å². The Balaban J connectivity index is 2.28. The van der Waals surface area contributed by atoms with E-state index in [2.05, 4.69) is 10.3 Å². The first-order valence-corrected chi connectivity index (χ1v) is 5.45. The summed E-state index contributed by atoms with van der Waals surface area (Å²) in [6.45, 7) is 1.81. The molecule has 0 unspecified atom stereocenters. The summed E-state index contributed by atoms with van der Waals surface area (Å²) in [5, 5.41) is 2.52. The van der Waals surface area contributed by atoms with Crippen LogP contribution < -0.4 is 11.1 Å². The van der Waals surface area contributed by atoms with Gasteiger partial charge in [-0.2, -0.15) is 0 Å². The Morgan fingerprint density at radius 1 is 1.21 bits per heavy atom. The van der Waals surface area contributed by atoms with Crippen molar-refractivity contribution in [3.05, 3.63) is 53.4 Å². The number of nitrogens with two attached hydrogens (primary N) is 1. The van der Waals surface area contributed by atoms with Gasteiger partial charge in [-0.15, -0.1) is 0 Å². The summed E-state index contributed by atoms with van der Waals surface area (Å²) in [5.41, 5.74) is 6.55. The second-order valence-corrected chi connectivity index (χ2v) is 4.06. The van der Waals surface area contributed by atoms with Gasteiger partial charge in [-0.05, 0) is 24.6 Å². The van der Waals surface area contributed by atoms with E-state index in [1.165, 1.54) is 6.20 Å². The Labute approximate surface area is 108 Å². The summed E-state index contributed by atoms with van der Waals surface area (Å²) in [4.78, 5) is 15.8. The molecule has 19 heavy (non-hydrogen) atoms. The molecule has 6 heteroatoms. The molecule has 1 heterocycles. The fraction of sp³-hybridized carbons (Fsp3) is 0.0769. The van der Waals surface area contributed by atoms with Crippen molar-refractivity contribution >= 4 is 17.3 Å². The number of anilines is 2. The first-order valence-electron chi connectivity index (χ1n) is 5.45. The first kappa shape index (κ1) is 12.9. The van der Waals surface area contributed by atoms with Crippen LogP contribution in [-0.2, 0) is 0 Å². The second kappa shape index (κ2) is 5.01. The van der Waals surface area contributed by atoms with Crippen LogP contribution in [0.4, 0.5) is 20.2 Å². The van der Waals surface area contributed by atoms with Gasteiger partial charge in [-0.3, -0.25) is 9.78 Å². The zero-order valence-electron chi connectivity index (χ0n) is 10.1. The Hall–Kier alpha value is -2.50. The Morgan fingerprint density at radius 3 is 2.58 bits per heavy atom.